The molecule has 0 radical (unpaired) electrons. The number of rotatable bonds is 6. The topological polar surface area (TPSA) is 29.1 Å². The summed E-state index contributed by atoms with van der Waals surface area (Å²) >= 11 is 1.70. The van der Waals surface area contributed by atoms with Crippen molar-refractivity contribution in [3.05, 3.63) is 22.4 Å². The van der Waals surface area contributed by atoms with Crippen LogP contribution in [0, 0.1) is 5.92 Å². The molecule has 0 fully saturated rings. The number of hydrogen-bond acceptors (Lipinski definition) is 2. The summed E-state index contributed by atoms with van der Waals surface area (Å²) in [7, 11) is 0. The van der Waals surface area contributed by atoms with Gasteiger partial charge in [0, 0.05) is 12.5 Å². The molecule has 1 heterocycles. The molecule has 0 bridgehead atoms. The Kier molecular flexibility index (Phi) is 5.40. The van der Waals surface area contributed by atoms with Gasteiger partial charge in [0.05, 0.1) is 0 Å². The van der Waals surface area contributed by atoms with Crippen molar-refractivity contribution >= 4 is 17.2 Å². The van der Waals surface area contributed by atoms with Crippen molar-refractivity contribution < 1.29 is 4.79 Å². The number of carbonyl (C=O) groups excluding carboxylic acids is 1. The van der Waals surface area contributed by atoms with Crippen LogP contribution in [0.4, 0.5) is 0 Å². The first-order chi connectivity index (χ1) is 7.27. The minimum Gasteiger partial charge on any atom is -0.356 e. The van der Waals surface area contributed by atoms with Crippen LogP contribution < -0.4 is 5.32 Å². The van der Waals surface area contributed by atoms with Gasteiger partial charge in [-0.2, -0.15) is 11.3 Å². The number of nitrogens with one attached hydrogen (secondary N) is 1. The van der Waals surface area contributed by atoms with E-state index in [4.69, 9.17) is 0 Å². The molecule has 0 atom stereocenters. The molecule has 1 N–H and O–H groups in total. The third-order valence-corrected chi connectivity index (χ3v) is 3.38. The first-order valence-corrected chi connectivity index (χ1v) is 6.51. The summed E-state index contributed by atoms with van der Waals surface area (Å²) in [6.07, 6.45) is 2.80. The van der Waals surface area contributed by atoms with Gasteiger partial charge in [0.2, 0.25) is 5.91 Å². The van der Waals surface area contributed by atoms with Crippen molar-refractivity contribution in [1.82, 2.24) is 5.32 Å². The molecule has 0 saturated carbocycles. The Morgan fingerprint density at radius 1 is 1.47 bits per heavy atom. The van der Waals surface area contributed by atoms with Crippen molar-refractivity contribution in [2.24, 2.45) is 5.92 Å². The average Bonchev–Trinajstić information content (AvgIpc) is 2.72. The van der Waals surface area contributed by atoms with Gasteiger partial charge in [-0.25, -0.2) is 0 Å². The smallest absolute Gasteiger partial charge is 0.223 e. The molecule has 0 aliphatic heterocycles. The predicted molar refractivity (Wildman–Crippen MR) is 65.1 cm³/mol. The zero-order valence-electron chi connectivity index (χ0n) is 9.45. The minimum atomic E-state index is 0.187. The lowest BCUT2D eigenvalue weighted by atomic mass is 10.0. The fourth-order valence-electron chi connectivity index (χ4n) is 1.57. The first-order valence-electron chi connectivity index (χ1n) is 5.56. The molecule has 0 saturated heterocycles. The van der Waals surface area contributed by atoms with Crippen LogP contribution in [0.2, 0.25) is 0 Å². The quantitative estimate of drug-likeness (QED) is 0.792. The lowest BCUT2D eigenvalue weighted by Gasteiger charge is -2.12. The Bertz CT molecular complexity index is 278. The molecule has 0 aromatic carbocycles. The van der Waals surface area contributed by atoms with Crippen molar-refractivity contribution in [2.45, 2.75) is 33.1 Å². The van der Waals surface area contributed by atoms with Gasteiger partial charge < -0.3 is 5.32 Å². The first kappa shape index (κ1) is 12.2. The van der Waals surface area contributed by atoms with Crippen molar-refractivity contribution in [2.75, 3.05) is 6.54 Å². The Hall–Kier alpha value is -0.830. The van der Waals surface area contributed by atoms with Crippen LogP contribution in [0.3, 0.4) is 0 Å². The monoisotopic (exact) mass is 225 g/mol. The van der Waals surface area contributed by atoms with E-state index in [1.54, 1.807) is 11.3 Å². The van der Waals surface area contributed by atoms with Gasteiger partial charge in [-0.15, -0.1) is 0 Å². The van der Waals surface area contributed by atoms with Gasteiger partial charge in [-0.1, -0.05) is 13.8 Å². The zero-order chi connectivity index (χ0) is 11.1. The van der Waals surface area contributed by atoms with Gasteiger partial charge in [-0.05, 0) is 41.7 Å². The predicted octanol–water partition coefficient (Wildman–Crippen LogP) is 2.84. The van der Waals surface area contributed by atoms with Crippen LogP contribution in [0.1, 0.15) is 32.3 Å². The van der Waals surface area contributed by atoms with E-state index >= 15 is 0 Å². The summed E-state index contributed by atoms with van der Waals surface area (Å²) in [6, 6.07) is 2.11. The summed E-state index contributed by atoms with van der Waals surface area (Å²) in [5.41, 5.74) is 1.31. The third-order valence-electron chi connectivity index (χ3n) is 2.65. The maximum Gasteiger partial charge on any atom is 0.223 e. The minimum absolute atomic E-state index is 0.187. The Labute approximate surface area is 95.7 Å². The highest BCUT2D eigenvalue weighted by Crippen LogP contribution is 2.08. The maximum atomic E-state index is 11.6. The molecule has 1 rings (SSSR count). The van der Waals surface area contributed by atoms with E-state index in [0.29, 0.717) is 0 Å². The molecule has 1 aromatic rings. The summed E-state index contributed by atoms with van der Waals surface area (Å²) in [4.78, 5) is 11.6. The standard InChI is InChI=1S/C12H19NOS/c1-3-11(4-2)12(14)13-7-5-10-6-8-15-9-10/h6,8-9,11H,3-5,7H2,1-2H3,(H,13,14). The summed E-state index contributed by atoms with van der Waals surface area (Å²) in [5.74, 6) is 0.391. The second kappa shape index (κ2) is 6.62. The fourth-order valence-corrected chi connectivity index (χ4v) is 2.27. The van der Waals surface area contributed by atoms with E-state index in [0.717, 1.165) is 25.8 Å². The second-order valence-corrected chi connectivity index (χ2v) is 4.47. The van der Waals surface area contributed by atoms with E-state index in [1.165, 1.54) is 5.56 Å². The van der Waals surface area contributed by atoms with Gasteiger partial charge in [0.25, 0.3) is 0 Å². The van der Waals surface area contributed by atoms with Crippen molar-refractivity contribution in [3.63, 3.8) is 0 Å². The van der Waals surface area contributed by atoms with E-state index in [2.05, 4.69) is 36.0 Å². The number of thiophene rings is 1. The second-order valence-electron chi connectivity index (χ2n) is 3.69. The highest BCUT2D eigenvalue weighted by molar-refractivity contribution is 7.07. The summed E-state index contributed by atoms with van der Waals surface area (Å²) in [5, 5.41) is 7.18. The molecule has 1 aromatic heterocycles. The van der Waals surface area contributed by atoms with Gasteiger partial charge >= 0.3 is 0 Å². The molecule has 0 aliphatic carbocycles. The van der Waals surface area contributed by atoms with Crippen molar-refractivity contribution in [1.29, 1.82) is 0 Å². The normalized spacial score (nSPS) is 10.6. The summed E-state index contributed by atoms with van der Waals surface area (Å²) < 4.78 is 0. The Morgan fingerprint density at radius 2 is 2.20 bits per heavy atom. The van der Waals surface area contributed by atoms with Crippen LogP contribution in [0.15, 0.2) is 16.8 Å². The van der Waals surface area contributed by atoms with Crippen molar-refractivity contribution in [3.8, 4) is 0 Å². The summed E-state index contributed by atoms with van der Waals surface area (Å²) in [6.45, 7) is 4.88. The van der Waals surface area contributed by atoms with Crippen LogP contribution in [-0.4, -0.2) is 12.5 Å². The molecule has 84 valence electrons. The van der Waals surface area contributed by atoms with Crippen LogP contribution in [-0.2, 0) is 11.2 Å². The van der Waals surface area contributed by atoms with Crippen LogP contribution in [0.25, 0.3) is 0 Å². The lowest BCUT2D eigenvalue weighted by molar-refractivity contribution is -0.125. The molecule has 3 heteroatoms. The van der Waals surface area contributed by atoms with Gasteiger partial charge in [0.1, 0.15) is 0 Å². The molecule has 1 amide bonds. The van der Waals surface area contributed by atoms with E-state index in [9.17, 15) is 4.79 Å². The van der Waals surface area contributed by atoms with E-state index in [-0.39, 0.29) is 11.8 Å². The van der Waals surface area contributed by atoms with Crippen LogP contribution >= 0.6 is 11.3 Å². The highest BCUT2D eigenvalue weighted by atomic mass is 32.1. The van der Waals surface area contributed by atoms with E-state index in [1.807, 2.05) is 0 Å². The zero-order valence-corrected chi connectivity index (χ0v) is 10.3. The lowest BCUT2D eigenvalue weighted by Crippen LogP contribution is -2.31. The van der Waals surface area contributed by atoms with E-state index < -0.39 is 0 Å². The molecule has 0 spiro atoms. The molecule has 15 heavy (non-hydrogen) atoms. The molecular weight excluding hydrogens is 206 g/mol. The number of carbonyl (C=O) groups is 1. The largest absolute Gasteiger partial charge is 0.356 e. The SMILES string of the molecule is CCC(CC)C(=O)NCCc1ccsc1. The highest BCUT2D eigenvalue weighted by Gasteiger charge is 2.12. The fraction of sp³-hybridized carbons (Fsp3) is 0.583. The van der Waals surface area contributed by atoms with Gasteiger partial charge in [0.15, 0.2) is 0 Å². The molecular formula is C12H19NOS. The molecule has 0 aliphatic rings. The maximum absolute atomic E-state index is 11.6. The van der Waals surface area contributed by atoms with Gasteiger partial charge in [-0.3, -0.25) is 4.79 Å². The number of hydrogen-bond donors (Lipinski definition) is 1. The molecule has 0 unspecified atom stereocenters. The Morgan fingerprint density at radius 3 is 2.73 bits per heavy atom. The average molecular weight is 225 g/mol. The molecule has 2 nitrogen and oxygen atoms in total. The van der Waals surface area contributed by atoms with Crippen LogP contribution in [0.5, 0.6) is 0 Å². The third kappa shape index (κ3) is 4.04. The number of amides is 1. The Balaban J connectivity index is 2.22.